The molecule has 5 rings (SSSR count). The molecule has 3 aromatic rings. The van der Waals surface area contributed by atoms with Gasteiger partial charge in [0.25, 0.3) is 5.91 Å². The fraction of sp³-hybridized carbons (Fsp3) is 0.435. The van der Waals surface area contributed by atoms with E-state index in [0.29, 0.717) is 28.8 Å². The summed E-state index contributed by atoms with van der Waals surface area (Å²) in [5, 5.41) is 4.03. The third-order valence-electron chi connectivity index (χ3n) is 6.71. The van der Waals surface area contributed by atoms with Crippen LogP contribution in [-0.4, -0.2) is 51.7 Å². The number of likely N-dealkylation sites (N-methyl/N-ethyl adjacent to an activating group) is 1. The van der Waals surface area contributed by atoms with Crippen LogP contribution in [0.4, 0.5) is 4.39 Å². The highest BCUT2D eigenvalue weighted by Gasteiger charge is 2.45. The number of benzene rings is 1. The molecule has 4 N–H and O–H groups in total. The second-order valence-corrected chi connectivity index (χ2v) is 10.5. The standard InChI is InChI=1S/C23H25ClFN5O2S/c1-30-7-5-15-18(11-30)33-22(28-15)21(32)29-19-4-2-3-6-23(19,26)20(31)17-9-12-8-13(24)14(25)10-16(12)27-17/h8-10,19,27H,2-7,11,26H2,1H3,(H,29,32). The molecule has 33 heavy (non-hydrogen) atoms. The number of amides is 1. The van der Waals surface area contributed by atoms with E-state index in [9.17, 15) is 14.0 Å². The lowest BCUT2D eigenvalue weighted by Gasteiger charge is -2.39. The topological polar surface area (TPSA) is 104 Å². The van der Waals surface area contributed by atoms with Gasteiger partial charge in [0.05, 0.1) is 22.5 Å². The minimum Gasteiger partial charge on any atom is -0.352 e. The van der Waals surface area contributed by atoms with E-state index in [1.807, 2.05) is 7.05 Å². The quantitative estimate of drug-likeness (QED) is 0.485. The molecule has 0 bridgehead atoms. The summed E-state index contributed by atoms with van der Waals surface area (Å²) in [7, 11) is 2.05. The lowest BCUT2D eigenvalue weighted by Crippen LogP contribution is -2.64. The van der Waals surface area contributed by atoms with Crippen molar-refractivity contribution >= 4 is 45.5 Å². The van der Waals surface area contributed by atoms with Gasteiger partial charge in [-0.15, -0.1) is 11.3 Å². The SMILES string of the molecule is CN1CCc2nc(C(=O)NC3CCCCC3(N)C(=O)c3cc4cc(Cl)c(F)cc4[nH]3)sc2C1. The van der Waals surface area contributed by atoms with Gasteiger partial charge in [0, 0.05) is 35.3 Å². The molecule has 0 radical (unpaired) electrons. The molecule has 2 aliphatic rings. The summed E-state index contributed by atoms with van der Waals surface area (Å²) in [4.78, 5) is 37.4. The van der Waals surface area contributed by atoms with E-state index in [4.69, 9.17) is 17.3 Å². The van der Waals surface area contributed by atoms with Crippen molar-refractivity contribution in [3.63, 3.8) is 0 Å². The number of ketones is 1. The lowest BCUT2D eigenvalue weighted by atomic mass is 9.74. The molecule has 2 aromatic heterocycles. The van der Waals surface area contributed by atoms with Crippen molar-refractivity contribution in [3.05, 3.63) is 50.3 Å². The van der Waals surface area contributed by atoms with E-state index in [1.54, 1.807) is 6.07 Å². The molecule has 2 atom stereocenters. The smallest absolute Gasteiger partial charge is 0.280 e. The fourth-order valence-corrected chi connectivity index (χ4v) is 6.07. The van der Waals surface area contributed by atoms with Gasteiger partial charge in [-0.3, -0.25) is 9.59 Å². The molecule has 1 saturated carbocycles. The summed E-state index contributed by atoms with van der Waals surface area (Å²) in [6, 6.07) is 3.85. The van der Waals surface area contributed by atoms with E-state index in [2.05, 4.69) is 20.2 Å². The maximum absolute atomic E-state index is 13.8. The van der Waals surface area contributed by atoms with Crippen LogP contribution in [0.1, 0.15) is 56.5 Å². The molecular formula is C23H25ClFN5O2S. The number of thiazole rings is 1. The molecule has 0 spiro atoms. The van der Waals surface area contributed by atoms with Crippen LogP contribution >= 0.6 is 22.9 Å². The monoisotopic (exact) mass is 489 g/mol. The Morgan fingerprint density at radius 1 is 1.36 bits per heavy atom. The average Bonchev–Trinajstić information content (AvgIpc) is 3.38. The number of carbonyl (C=O) groups excluding carboxylic acids is 2. The molecular weight excluding hydrogens is 465 g/mol. The Morgan fingerprint density at radius 2 is 2.18 bits per heavy atom. The van der Waals surface area contributed by atoms with Gasteiger partial charge in [-0.2, -0.15) is 0 Å². The second-order valence-electron chi connectivity index (χ2n) is 9.05. The van der Waals surface area contributed by atoms with Crippen LogP contribution in [0.5, 0.6) is 0 Å². The van der Waals surface area contributed by atoms with Gasteiger partial charge in [0.1, 0.15) is 11.4 Å². The third-order valence-corrected chi connectivity index (χ3v) is 8.08. The number of hydrogen-bond donors (Lipinski definition) is 3. The summed E-state index contributed by atoms with van der Waals surface area (Å²) >= 11 is 7.28. The highest BCUT2D eigenvalue weighted by atomic mass is 35.5. The summed E-state index contributed by atoms with van der Waals surface area (Å²) in [6.07, 6.45) is 3.52. The van der Waals surface area contributed by atoms with Gasteiger partial charge < -0.3 is 20.9 Å². The predicted molar refractivity (Wildman–Crippen MR) is 126 cm³/mol. The van der Waals surface area contributed by atoms with E-state index < -0.39 is 17.4 Å². The minimum atomic E-state index is -1.27. The molecule has 1 amide bonds. The number of nitrogens with one attached hydrogen (secondary N) is 2. The van der Waals surface area contributed by atoms with Gasteiger partial charge in [-0.25, -0.2) is 9.37 Å². The van der Waals surface area contributed by atoms with Gasteiger partial charge in [-0.05, 0) is 38.1 Å². The number of rotatable bonds is 4. The Balaban J connectivity index is 1.39. The molecule has 1 aromatic carbocycles. The zero-order chi connectivity index (χ0) is 23.3. The number of halogens is 2. The second kappa shape index (κ2) is 8.47. The van der Waals surface area contributed by atoms with E-state index in [0.717, 1.165) is 42.9 Å². The number of hydrogen-bond acceptors (Lipinski definition) is 6. The Kier molecular flexibility index (Phi) is 5.76. The molecule has 0 saturated heterocycles. The molecule has 1 fully saturated rings. The summed E-state index contributed by atoms with van der Waals surface area (Å²) in [5.41, 5.74) is 7.15. The van der Waals surface area contributed by atoms with Gasteiger partial charge >= 0.3 is 0 Å². The number of aromatic amines is 1. The first kappa shape index (κ1) is 22.5. The van der Waals surface area contributed by atoms with Crippen molar-refractivity contribution in [2.75, 3.05) is 13.6 Å². The zero-order valence-electron chi connectivity index (χ0n) is 18.2. The van der Waals surface area contributed by atoms with Crippen molar-refractivity contribution in [1.82, 2.24) is 20.2 Å². The number of carbonyl (C=O) groups is 2. The summed E-state index contributed by atoms with van der Waals surface area (Å²) < 4.78 is 13.8. The minimum absolute atomic E-state index is 0.0110. The van der Waals surface area contributed by atoms with Crippen molar-refractivity contribution in [1.29, 1.82) is 0 Å². The van der Waals surface area contributed by atoms with Gasteiger partial charge in [0.15, 0.2) is 5.01 Å². The van der Waals surface area contributed by atoms with Gasteiger partial charge in [-0.1, -0.05) is 24.4 Å². The lowest BCUT2D eigenvalue weighted by molar-refractivity contribution is 0.0755. The molecule has 2 unspecified atom stereocenters. The Labute approximate surface area is 199 Å². The summed E-state index contributed by atoms with van der Waals surface area (Å²) in [6.45, 7) is 1.70. The fourth-order valence-electron chi connectivity index (χ4n) is 4.81. The molecule has 3 heterocycles. The molecule has 174 valence electrons. The van der Waals surface area contributed by atoms with E-state index in [1.165, 1.54) is 23.5 Å². The Morgan fingerprint density at radius 3 is 3.00 bits per heavy atom. The van der Waals surface area contributed by atoms with Crippen LogP contribution < -0.4 is 11.1 Å². The molecule has 7 nitrogen and oxygen atoms in total. The average molecular weight is 490 g/mol. The van der Waals surface area contributed by atoms with Crippen molar-refractivity contribution in [2.24, 2.45) is 5.73 Å². The van der Waals surface area contributed by atoms with Crippen molar-refractivity contribution in [3.8, 4) is 0 Å². The highest BCUT2D eigenvalue weighted by Crippen LogP contribution is 2.32. The normalized spacial score (nSPS) is 23.5. The van der Waals surface area contributed by atoms with Crippen LogP contribution in [0.2, 0.25) is 5.02 Å². The van der Waals surface area contributed by atoms with Crippen LogP contribution in [0.15, 0.2) is 18.2 Å². The highest BCUT2D eigenvalue weighted by molar-refractivity contribution is 7.13. The number of fused-ring (bicyclic) bond motifs is 2. The van der Waals surface area contributed by atoms with Crippen molar-refractivity contribution in [2.45, 2.75) is 50.2 Å². The number of nitrogens with zero attached hydrogens (tertiary/aromatic N) is 2. The number of aromatic nitrogens is 2. The van der Waals surface area contributed by atoms with Crippen LogP contribution in [-0.2, 0) is 13.0 Å². The van der Waals surface area contributed by atoms with E-state index >= 15 is 0 Å². The summed E-state index contributed by atoms with van der Waals surface area (Å²) in [5.74, 6) is -1.16. The van der Waals surface area contributed by atoms with Crippen molar-refractivity contribution < 1.29 is 14.0 Å². The van der Waals surface area contributed by atoms with Crippen LogP contribution in [0.25, 0.3) is 10.9 Å². The number of nitrogens with two attached hydrogens (primary N) is 1. The Hall–Kier alpha value is -2.33. The maximum Gasteiger partial charge on any atom is 0.280 e. The Bertz CT molecular complexity index is 1220. The van der Waals surface area contributed by atoms with Crippen LogP contribution in [0.3, 0.4) is 0 Å². The third kappa shape index (κ3) is 4.07. The van der Waals surface area contributed by atoms with Gasteiger partial charge in [0.2, 0.25) is 5.78 Å². The largest absolute Gasteiger partial charge is 0.352 e. The molecule has 10 heteroatoms. The molecule has 1 aliphatic carbocycles. The van der Waals surface area contributed by atoms with E-state index in [-0.39, 0.29) is 22.4 Å². The number of Topliss-reactive ketones (excluding diaryl/α,β-unsaturated/α-hetero) is 1. The molecule has 1 aliphatic heterocycles. The first-order chi connectivity index (χ1) is 15.7. The van der Waals surface area contributed by atoms with Crippen LogP contribution in [0, 0.1) is 5.82 Å². The predicted octanol–water partition coefficient (Wildman–Crippen LogP) is 3.66. The maximum atomic E-state index is 13.8. The first-order valence-corrected chi connectivity index (χ1v) is 12.2. The zero-order valence-corrected chi connectivity index (χ0v) is 19.8. The first-order valence-electron chi connectivity index (χ1n) is 11.0. The number of H-pyrrole nitrogens is 1.